The number of hydrogen-bond acceptors (Lipinski definition) is 6. The van der Waals surface area contributed by atoms with E-state index >= 15 is 0 Å². The smallest absolute Gasteiger partial charge is 0.321 e. The number of rotatable bonds is 7. The summed E-state index contributed by atoms with van der Waals surface area (Å²) in [7, 11) is 5.59. The maximum Gasteiger partial charge on any atom is 0.321 e. The molecule has 7 heteroatoms. The average Bonchev–Trinajstić information content (AvgIpc) is 3.16. The number of nitrogens with one attached hydrogen (secondary N) is 1. The Labute approximate surface area is 157 Å². The van der Waals surface area contributed by atoms with Gasteiger partial charge in [-0.2, -0.15) is 4.98 Å². The number of aromatic nitrogens is 2. The second-order valence-corrected chi connectivity index (χ2v) is 6.45. The molecule has 0 saturated carbocycles. The highest BCUT2D eigenvalue weighted by Crippen LogP contribution is 2.25. The summed E-state index contributed by atoms with van der Waals surface area (Å²) < 4.78 is 5.42. The second-order valence-electron chi connectivity index (χ2n) is 6.45. The van der Waals surface area contributed by atoms with E-state index in [2.05, 4.69) is 15.5 Å². The van der Waals surface area contributed by atoms with E-state index in [1.165, 1.54) is 0 Å². The van der Waals surface area contributed by atoms with Gasteiger partial charge < -0.3 is 19.8 Å². The van der Waals surface area contributed by atoms with Gasteiger partial charge in [0.15, 0.2) is 0 Å². The van der Waals surface area contributed by atoms with Crippen molar-refractivity contribution in [2.24, 2.45) is 0 Å². The van der Waals surface area contributed by atoms with Crippen molar-refractivity contribution in [3.05, 3.63) is 54.1 Å². The van der Waals surface area contributed by atoms with Gasteiger partial charge in [-0.05, 0) is 37.2 Å². The number of benzene rings is 2. The Hall–Kier alpha value is -3.19. The molecule has 0 aliphatic carbocycles. The molecule has 140 valence electrons. The summed E-state index contributed by atoms with van der Waals surface area (Å²) >= 11 is 0. The number of carboxylic acid groups (broad SMARTS) is 1. The number of carbonyl (C=O) groups is 1. The molecule has 1 aromatic heterocycles. The van der Waals surface area contributed by atoms with Crippen LogP contribution in [0.1, 0.15) is 5.56 Å². The molecule has 0 fully saturated rings. The Kier molecular flexibility index (Phi) is 5.52. The predicted octanol–water partition coefficient (Wildman–Crippen LogP) is 2.68. The van der Waals surface area contributed by atoms with E-state index < -0.39 is 12.0 Å². The van der Waals surface area contributed by atoms with Crippen molar-refractivity contribution in [1.82, 2.24) is 15.5 Å². The van der Waals surface area contributed by atoms with Crippen molar-refractivity contribution in [2.45, 2.75) is 12.5 Å². The van der Waals surface area contributed by atoms with Crippen molar-refractivity contribution in [3.8, 4) is 22.8 Å². The summed E-state index contributed by atoms with van der Waals surface area (Å²) in [4.78, 5) is 17.6. The van der Waals surface area contributed by atoms with Gasteiger partial charge in [0.1, 0.15) is 6.04 Å². The molecular weight excluding hydrogens is 344 g/mol. The van der Waals surface area contributed by atoms with E-state index in [1.807, 2.05) is 67.5 Å². The first-order chi connectivity index (χ1) is 13.0. The van der Waals surface area contributed by atoms with Gasteiger partial charge in [-0.25, -0.2) is 0 Å². The maximum atomic E-state index is 11.1. The van der Waals surface area contributed by atoms with Gasteiger partial charge in [0.05, 0.1) is 0 Å². The van der Waals surface area contributed by atoms with Crippen LogP contribution in [0.3, 0.4) is 0 Å². The lowest BCUT2D eigenvalue weighted by atomic mass is 10.0. The van der Waals surface area contributed by atoms with Gasteiger partial charge in [0, 0.05) is 30.9 Å². The molecule has 0 amide bonds. The highest BCUT2D eigenvalue weighted by molar-refractivity contribution is 5.74. The van der Waals surface area contributed by atoms with Crippen LogP contribution in [0.2, 0.25) is 0 Å². The summed E-state index contributed by atoms with van der Waals surface area (Å²) in [6.07, 6.45) is 0.404. The third-order valence-corrected chi connectivity index (χ3v) is 4.33. The Balaban J connectivity index is 1.78. The molecule has 1 heterocycles. The molecule has 2 N–H and O–H groups in total. The molecule has 0 aliphatic rings. The first kappa shape index (κ1) is 18.6. The van der Waals surface area contributed by atoms with E-state index in [0.29, 0.717) is 18.1 Å². The van der Waals surface area contributed by atoms with Gasteiger partial charge in [0.25, 0.3) is 5.89 Å². The van der Waals surface area contributed by atoms with E-state index in [4.69, 9.17) is 9.63 Å². The Morgan fingerprint density at radius 2 is 1.93 bits per heavy atom. The van der Waals surface area contributed by atoms with Crippen molar-refractivity contribution < 1.29 is 14.4 Å². The lowest BCUT2D eigenvalue weighted by molar-refractivity contribution is -0.139. The number of anilines is 1. The Morgan fingerprint density at radius 3 is 2.56 bits per heavy atom. The third kappa shape index (κ3) is 4.32. The van der Waals surface area contributed by atoms with Crippen molar-refractivity contribution in [2.75, 3.05) is 26.0 Å². The molecule has 1 atom stereocenters. The van der Waals surface area contributed by atoms with Gasteiger partial charge in [-0.3, -0.25) is 4.79 Å². The topological polar surface area (TPSA) is 91.5 Å². The van der Waals surface area contributed by atoms with Crippen LogP contribution < -0.4 is 10.2 Å². The number of hydrogen-bond donors (Lipinski definition) is 2. The standard InChI is InChI=1S/C20H22N4O3/c1-21-17(20(25)26)11-13-7-9-14(10-8-13)18-22-19(27-23-18)15-5-4-6-16(12-15)24(2)3/h4-10,12,17,21H,11H2,1-3H3,(H,25,26). The number of nitrogens with zero attached hydrogens (tertiary/aromatic N) is 3. The molecule has 3 rings (SSSR count). The van der Waals surface area contributed by atoms with Crippen LogP contribution in [0.4, 0.5) is 5.69 Å². The third-order valence-electron chi connectivity index (χ3n) is 4.33. The monoisotopic (exact) mass is 366 g/mol. The molecule has 0 bridgehead atoms. The van der Waals surface area contributed by atoms with Gasteiger partial charge >= 0.3 is 5.97 Å². The maximum absolute atomic E-state index is 11.1. The number of likely N-dealkylation sites (N-methyl/N-ethyl adjacent to an activating group) is 1. The molecule has 0 radical (unpaired) electrons. The summed E-state index contributed by atoms with van der Waals surface area (Å²) in [5.74, 6) is 0.0819. The Bertz CT molecular complexity index is 919. The summed E-state index contributed by atoms with van der Waals surface area (Å²) in [6, 6.07) is 14.8. The quantitative estimate of drug-likeness (QED) is 0.664. The van der Waals surface area contributed by atoms with Crippen molar-refractivity contribution in [3.63, 3.8) is 0 Å². The molecule has 2 aromatic carbocycles. The molecular formula is C20H22N4O3. The minimum Gasteiger partial charge on any atom is -0.480 e. The van der Waals surface area contributed by atoms with E-state index in [9.17, 15) is 4.79 Å². The van der Waals surface area contributed by atoms with Crippen LogP contribution in [-0.2, 0) is 11.2 Å². The summed E-state index contributed by atoms with van der Waals surface area (Å²) in [5, 5.41) is 16.0. The predicted molar refractivity (Wildman–Crippen MR) is 104 cm³/mol. The van der Waals surface area contributed by atoms with Crippen LogP contribution in [-0.4, -0.2) is 48.4 Å². The van der Waals surface area contributed by atoms with Crippen LogP contribution >= 0.6 is 0 Å². The van der Waals surface area contributed by atoms with Crippen LogP contribution in [0.25, 0.3) is 22.8 Å². The van der Waals surface area contributed by atoms with Gasteiger partial charge in [-0.1, -0.05) is 35.5 Å². The van der Waals surface area contributed by atoms with Crippen LogP contribution in [0.15, 0.2) is 53.1 Å². The van der Waals surface area contributed by atoms with Gasteiger partial charge in [0.2, 0.25) is 5.82 Å². The molecule has 0 saturated heterocycles. The first-order valence-electron chi connectivity index (χ1n) is 8.59. The largest absolute Gasteiger partial charge is 0.480 e. The molecule has 0 aliphatic heterocycles. The lowest BCUT2D eigenvalue weighted by Gasteiger charge is -2.12. The van der Waals surface area contributed by atoms with Crippen LogP contribution in [0.5, 0.6) is 0 Å². The fourth-order valence-electron chi connectivity index (χ4n) is 2.71. The average molecular weight is 366 g/mol. The van der Waals surface area contributed by atoms with Gasteiger partial charge in [-0.15, -0.1) is 0 Å². The zero-order chi connectivity index (χ0) is 19.4. The van der Waals surface area contributed by atoms with Crippen molar-refractivity contribution >= 4 is 11.7 Å². The SMILES string of the molecule is CNC(Cc1ccc(-c2noc(-c3cccc(N(C)C)c3)n2)cc1)C(=O)O. The summed E-state index contributed by atoms with van der Waals surface area (Å²) in [5.41, 5.74) is 3.64. The lowest BCUT2D eigenvalue weighted by Crippen LogP contribution is -2.35. The minimum absolute atomic E-state index is 0.404. The van der Waals surface area contributed by atoms with E-state index in [1.54, 1.807) is 7.05 Å². The molecule has 3 aromatic rings. The first-order valence-corrected chi connectivity index (χ1v) is 8.59. The highest BCUT2D eigenvalue weighted by atomic mass is 16.5. The molecule has 0 spiro atoms. The minimum atomic E-state index is -0.871. The highest BCUT2D eigenvalue weighted by Gasteiger charge is 2.16. The normalized spacial score (nSPS) is 12.0. The summed E-state index contributed by atoms with van der Waals surface area (Å²) in [6.45, 7) is 0. The molecule has 7 nitrogen and oxygen atoms in total. The zero-order valence-corrected chi connectivity index (χ0v) is 15.5. The fraction of sp³-hybridized carbons (Fsp3) is 0.250. The second kappa shape index (κ2) is 8.01. The van der Waals surface area contributed by atoms with Crippen molar-refractivity contribution in [1.29, 1.82) is 0 Å². The fourth-order valence-corrected chi connectivity index (χ4v) is 2.71. The van der Waals surface area contributed by atoms with E-state index in [0.717, 1.165) is 22.4 Å². The molecule has 1 unspecified atom stereocenters. The van der Waals surface area contributed by atoms with E-state index in [-0.39, 0.29) is 0 Å². The number of aliphatic carboxylic acids is 1. The van der Waals surface area contributed by atoms with Crippen LogP contribution in [0, 0.1) is 0 Å². The Morgan fingerprint density at radius 1 is 1.19 bits per heavy atom. The molecule has 27 heavy (non-hydrogen) atoms. The number of carboxylic acids is 1. The zero-order valence-electron chi connectivity index (χ0n) is 15.5.